The molecule has 4 unspecified atom stereocenters. The summed E-state index contributed by atoms with van der Waals surface area (Å²) in [6.07, 6.45) is -31.2. The molecule has 0 radical (unpaired) electrons. The lowest BCUT2D eigenvalue weighted by molar-refractivity contribution is -0.378. The molecule has 5 saturated heterocycles. The second kappa shape index (κ2) is 26.6. The predicted molar refractivity (Wildman–Crippen MR) is 293 cm³/mol. The first-order valence-electron chi connectivity index (χ1n) is 30.9. The smallest absolute Gasteiger partial charge is 0.187 e. The standard InChI is InChI=1S/C59H100O27/c1-24(9-13-37(56(4,5)76)85-54-49(86-53-48(75)43(70)39(66)31(20-61)81-53)45(72)41(68)33(83-54)22-78-50-29(63)17-25(62)21-77-50)26-15-16-57(6)34-12-10-27-28(59(34,8)35(64)18-58(26,57)7)11-14-36(55(27,2)3)84-52-47(74)44(71)40(67)32(82-52)23-79-51-46(73)42(69)38(65)30(19-60)80-51/h10,24-26,28-54,60-76H,9,11-23H2,1-8H3/t24-,25+,26?,28?,29-,30-,31+,32-,33?,34?,35-,36+,37-,38-,39+,40-,41-,42+,43-,44+,45+,46-,47-,48+,49-,50-,51-,52+,53-,54+,57+,58-,59+/m1/s1. The third kappa shape index (κ3) is 12.7. The van der Waals surface area contributed by atoms with Crippen molar-refractivity contribution < 1.29 is 134 Å². The van der Waals surface area contributed by atoms with Gasteiger partial charge in [0.2, 0.25) is 0 Å². The predicted octanol–water partition coefficient (Wildman–Crippen LogP) is -3.74. The molecule has 86 heavy (non-hydrogen) atoms. The van der Waals surface area contributed by atoms with E-state index < -0.39 is 202 Å². The van der Waals surface area contributed by atoms with E-state index in [1.54, 1.807) is 13.8 Å². The summed E-state index contributed by atoms with van der Waals surface area (Å²) in [6.45, 7) is 13.7. The van der Waals surface area contributed by atoms with Gasteiger partial charge in [-0.2, -0.15) is 0 Å². The fourth-order valence-electron chi connectivity index (χ4n) is 16.7. The van der Waals surface area contributed by atoms with E-state index in [4.69, 9.17) is 47.4 Å². The van der Waals surface area contributed by atoms with Gasteiger partial charge < -0.3 is 134 Å². The number of ether oxygens (including phenoxy) is 10. The van der Waals surface area contributed by atoms with E-state index in [-0.39, 0.29) is 54.0 Å². The van der Waals surface area contributed by atoms with Crippen LogP contribution in [-0.4, -0.2) is 285 Å². The summed E-state index contributed by atoms with van der Waals surface area (Å²) in [6, 6.07) is 0. The van der Waals surface area contributed by atoms with Gasteiger partial charge in [-0.1, -0.05) is 53.2 Å². The lowest BCUT2D eigenvalue weighted by Gasteiger charge is -2.67. The Kier molecular flexibility index (Phi) is 21.3. The molecule has 27 heteroatoms. The highest BCUT2D eigenvalue weighted by atomic mass is 16.8. The van der Waals surface area contributed by atoms with E-state index >= 15 is 0 Å². The van der Waals surface area contributed by atoms with Crippen molar-refractivity contribution >= 4 is 0 Å². The third-order valence-corrected chi connectivity index (χ3v) is 22.3. The van der Waals surface area contributed by atoms with Gasteiger partial charge in [0.05, 0.1) is 63.1 Å². The number of aliphatic hydroxyl groups excluding tert-OH is 16. The van der Waals surface area contributed by atoms with Gasteiger partial charge >= 0.3 is 0 Å². The summed E-state index contributed by atoms with van der Waals surface area (Å²) in [5, 5.41) is 184. The molecule has 0 amide bonds. The molecule has 3 saturated carbocycles. The van der Waals surface area contributed by atoms with E-state index in [1.807, 2.05) is 0 Å². The van der Waals surface area contributed by atoms with Crippen LogP contribution in [0, 0.1) is 45.3 Å². The van der Waals surface area contributed by atoms with E-state index in [2.05, 4.69) is 47.6 Å². The average Bonchev–Trinajstić information content (AvgIpc) is 1.27. The van der Waals surface area contributed by atoms with Crippen LogP contribution < -0.4 is 0 Å². The van der Waals surface area contributed by atoms with Crippen LogP contribution in [0.2, 0.25) is 0 Å². The summed E-state index contributed by atoms with van der Waals surface area (Å²) in [4.78, 5) is 0. The fraction of sp³-hybridized carbons (Fsp3) is 0.966. The zero-order valence-electron chi connectivity index (χ0n) is 50.5. The first kappa shape index (κ1) is 69.0. The molecule has 0 bridgehead atoms. The van der Waals surface area contributed by atoms with Gasteiger partial charge in [-0.3, -0.25) is 0 Å². The van der Waals surface area contributed by atoms with Crippen molar-refractivity contribution in [3.63, 3.8) is 0 Å². The normalized spacial score (nSPS) is 51.4. The van der Waals surface area contributed by atoms with E-state index in [9.17, 15) is 86.8 Å². The molecule has 8 fully saturated rings. The molecule has 27 nitrogen and oxygen atoms in total. The molecule has 0 aromatic carbocycles. The van der Waals surface area contributed by atoms with Gasteiger partial charge in [-0.05, 0) is 99.7 Å². The van der Waals surface area contributed by atoms with Gasteiger partial charge in [0, 0.05) is 17.3 Å². The van der Waals surface area contributed by atoms with Gasteiger partial charge in [0.1, 0.15) is 104 Å². The van der Waals surface area contributed by atoms with E-state index in [0.29, 0.717) is 32.1 Å². The highest BCUT2D eigenvalue weighted by molar-refractivity contribution is 5.32. The minimum Gasteiger partial charge on any atom is -0.394 e. The summed E-state index contributed by atoms with van der Waals surface area (Å²) in [5.41, 5.74) is -2.30. The van der Waals surface area contributed by atoms with E-state index in [0.717, 1.165) is 18.4 Å². The van der Waals surface area contributed by atoms with Gasteiger partial charge in [0.15, 0.2) is 31.5 Å². The maximum Gasteiger partial charge on any atom is 0.187 e. The Hall–Kier alpha value is -1.34. The summed E-state index contributed by atoms with van der Waals surface area (Å²) < 4.78 is 59.5. The van der Waals surface area contributed by atoms with Crippen LogP contribution in [0.1, 0.15) is 113 Å². The molecule has 9 aliphatic rings. The first-order valence-corrected chi connectivity index (χ1v) is 30.9. The highest BCUT2D eigenvalue weighted by Gasteiger charge is 2.70. The van der Waals surface area contributed by atoms with Crippen LogP contribution in [0.25, 0.3) is 0 Å². The summed E-state index contributed by atoms with van der Waals surface area (Å²) in [7, 11) is 0. The molecule has 0 spiro atoms. The Labute approximate surface area is 501 Å². The third-order valence-electron chi connectivity index (χ3n) is 22.3. The Balaban J connectivity index is 0.877. The fourth-order valence-corrected chi connectivity index (χ4v) is 16.7. The number of hydrogen-bond donors (Lipinski definition) is 17. The Morgan fingerprint density at radius 2 is 1.12 bits per heavy atom. The number of hydrogen-bond acceptors (Lipinski definition) is 27. The van der Waals surface area contributed by atoms with Crippen molar-refractivity contribution in [1.82, 2.24) is 0 Å². The van der Waals surface area contributed by atoms with Crippen molar-refractivity contribution in [2.75, 3.05) is 33.0 Å². The number of rotatable bonds is 19. The topological polar surface area (TPSA) is 436 Å². The Morgan fingerprint density at radius 3 is 1.70 bits per heavy atom. The zero-order chi connectivity index (χ0) is 63.1. The second-order valence-corrected chi connectivity index (χ2v) is 28.2. The maximum atomic E-state index is 12.8. The molecule has 0 aromatic heterocycles. The molecule has 9 rings (SSSR count). The zero-order valence-corrected chi connectivity index (χ0v) is 50.5. The molecule has 5 heterocycles. The van der Waals surface area contributed by atoms with Crippen molar-refractivity contribution in [3.8, 4) is 0 Å². The number of aliphatic hydroxyl groups is 17. The number of fused-ring (bicyclic) bond motifs is 5. The van der Waals surface area contributed by atoms with Gasteiger partial charge in [-0.25, -0.2) is 0 Å². The Bertz CT molecular complexity index is 2260. The summed E-state index contributed by atoms with van der Waals surface area (Å²) in [5.74, 6) is 0.113. The minimum atomic E-state index is -1.90. The van der Waals surface area contributed by atoms with Gasteiger partial charge in [-0.15, -0.1) is 0 Å². The number of allylic oxidation sites excluding steroid dienone is 1. The molecule has 5 aliphatic heterocycles. The van der Waals surface area contributed by atoms with Crippen LogP contribution in [0.15, 0.2) is 11.6 Å². The van der Waals surface area contributed by atoms with Crippen molar-refractivity contribution in [2.45, 2.75) is 278 Å². The van der Waals surface area contributed by atoms with Crippen molar-refractivity contribution in [1.29, 1.82) is 0 Å². The largest absolute Gasteiger partial charge is 0.394 e. The Morgan fingerprint density at radius 1 is 0.593 bits per heavy atom. The van der Waals surface area contributed by atoms with Crippen LogP contribution in [0.5, 0.6) is 0 Å². The molecule has 17 N–H and O–H groups in total. The van der Waals surface area contributed by atoms with Crippen molar-refractivity contribution in [3.05, 3.63) is 11.6 Å². The van der Waals surface area contributed by atoms with E-state index in [1.165, 1.54) is 0 Å². The monoisotopic (exact) mass is 1240 g/mol. The second-order valence-electron chi connectivity index (χ2n) is 28.2. The maximum absolute atomic E-state index is 12.8. The lowest BCUT2D eigenvalue weighted by atomic mass is 9.38. The minimum absolute atomic E-state index is 0.00589. The highest BCUT2D eigenvalue weighted by Crippen LogP contribution is 2.75. The molecule has 33 atom stereocenters. The van der Waals surface area contributed by atoms with Crippen LogP contribution in [0.4, 0.5) is 0 Å². The summed E-state index contributed by atoms with van der Waals surface area (Å²) >= 11 is 0. The SMILES string of the molecule is C[C@H](CC[C@@H](O[C@@H]1OC(CO[C@H]2OC[C@@H](O)C[C@H]2O)[C@@H](O)[C@H](O)[C@H]1O[C@H]1O[C@@H](CO)[C@H](O)[C@@H](O)[C@@H]1O)C(C)(C)O)C1CC[C@@]2(C)C3CC=C4C(CC[C@H](O[C@@H]5O[C@H](CO[C@@H]6O[C@H](CO)[C@@H](O)[C@H](O)[C@H]6O)[C@@H](O)[C@H](O)[C@H]5O)C4(C)C)[C@]3(C)[C@H](O)C[C@]12C. The molecule has 0 aromatic rings. The molecular weight excluding hydrogens is 1140 g/mol. The quantitative estimate of drug-likeness (QED) is 0.0553. The van der Waals surface area contributed by atoms with Crippen LogP contribution in [-0.2, 0) is 47.4 Å². The average molecular weight is 1240 g/mol. The molecule has 498 valence electrons. The van der Waals surface area contributed by atoms with Crippen molar-refractivity contribution in [2.24, 2.45) is 45.3 Å². The van der Waals surface area contributed by atoms with Crippen LogP contribution in [0.3, 0.4) is 0 Å². The van der Waals surface area contributed by atoms with Gasteiger partial charge in [0.25, 0.3) is 0 Å². The molecule has 4 aliphatic carbocycles. The molecular formula is C59H100O27. The van der Waals surface area contributed by atoms with Crippen LogP contribution >= 0.6 is 0 Å². The first-order chi connectivity index (χ1) is 40.2. The lowest BCUT2D eigenvalue weighted by Crippen LogP contribution is -2.65.